The molecule has 6 nitrogen and oxygen atoms in total. The van der Waals surface area contributed by atoms with E-state index in [1.54, 1.807) is 36.4 Å². The Morgan fingerprint density at radius 3 is 2.31 bits per heavy atom. The van der Waals surface area contributed by atoms with E-state index < -0.39 is 6.10 Å². The second-order valence-electron chi connectivity index (χ2n) is 8.72. The van der Waals surface area contributed by atoms with Crippen molar-refractivity contribution in [3.8, 4) is 11.5 Å². The maximum Gasteiger partial charge on any atom is 0.243 e. The standard InChI is InChI=1S/C28H29FN2O4/c1-34-26(21-7-11-23(12-8-21)35-24-13-9-22(29)10-14-24)17-27(32)31-28(33)25-16-20(18-30-25)15-19-5-3-2-4-6-19/h2-14,20,25-26,30H,15-18H2,1H3,(H,31,32,33)/t20-,25+,26?/m1/s1. The first-order valence-electron chi connectivity index (χ1n) is 11.7. The van der Waals surface area contributed by atoms with Gasteiger partial charge in [-0.2, -0.15) is 0 Å². The van der Waals surface area contributed by atoms with Gasteiger partial charge in [0.2, 0.25) is 11.8 Å². The number of imide groups is 1. The number of nitrogens with one attached hydrogen (secondary N) is 2. The second-order valence-corrected chi connectivity index (χ2v) is 8.72. The molecule has 3 atom stereocenters. The molecule has 0 aromatic heterocycles. The van der Waals surface area contributed by atoms with Crippen LogP contribution in [0.15, 0.2) is 78.9 Å². The lowest BCUT2D eigenvalue weighted by atomic mass is 9.96. The molecular formula is C28H29FN2O4. The smallest absolute Gasteiger partial charge is 0.243 e. The summed E-state index contributed by atoms with van der Waals surface area (Å²) in [7, 11) is 1.52. The molecule has 0 bridgehead atoms. The summed E-state index contributed by atoms with van der Waals surface area (Å²) in [6.45, 7) is 0.744. The fraction of sp³-hybridized carbons (Fsp3) is 0.286. The average molecular weight is 477 g/mol. The van der Waals surface area contributed by atoms with Crippen LogP contribution in [-0.4, -0.2) is 31.5 Å². The van der Waals surface area contributed by atoms with Crippen molar-refractivity contribution in [2.45, 2.75) is 31.4 Å². The molecule has 1 aliphatic heterocycles. The Balaban J connectivity index is 1.26. The van der Waals surface area contributed by atoms with Crippen molar-refractivity contribution in [1.82, 2.24) is 10.6 Å². The highest BCUT2D eigenvalue weighted by Crippen LogP contribution is 2.26. The molecular weight excluding hydrogens is 447 g/mol. The lowest BCUT2D eigenvalue weighted by molar-refractivity contribution is -0.132. The molecule has 7 heteroatoms. The first kappa shape index (κ1) is 24.6. The fourth-order valence-electron chi connectivity index (χ4n) is 4.28. The zero-order chi connectivity index (χ0) is 24.6. The molecule has 1 saturated heterocycles. The van der Waals surface area contributed by atoms with Crippen molar-refractivity contribution < 1.29 is 23.5 Å². The second kappa shape index (κ2) is 11.7. The summed E-state index contributed by atoms with van der Waals surface area (Å²) in [6, 6.07) is 22.7. The highest BCUT2D eigenvalue weighted by molar-refractivity contribution is 5.98. The zero-order valence-corrected chi connectivity index (χ0v) is 19.6. The van der Waals surface area contributed by atoms with Crippen molar-refractivity contribution >= 4 is 11.8 Å². The van der Waals surface area contributed by atoms with Gasteiger partial charge in [0.05, 0.1) is 18.6 Å². The molecule has 1 aliphatic rings. The van der Waals surface area contributed by atoms with Gasteiger partial charge in [-0.3, -0.25) is 14.9 Å². The van der Waals surface area contributed by atoms with E-state index in [2.05, 4.69) is 22.8 Å². The Kier molecular flexibility index (Phi) is 8.23. The van der Waals surface area contributed by atoms with Gasteiger partial charge in [0.15, 0.2) is 0 Å². The van der Waals surface area contributed by atoms with Crippen LogP contribution in [0.25, 0.3) is 0 Å². The van der Waals surface area contributed by atoms with Crippen molar-refractivity contribution in [3.63, 3.8) is 0 Å². The van der Waals surface area contributed by atoms with Crippen LogP contribution in [0.1, 0.15) is 30.1 Å². The Labute approximate surface area is 204 Å². The lowest BCUT2D eigenvalue weighted by Crippen LogP contribution is -2.43. The summed E-state index contributed by atoms with van der Waals surface area (Å²) in [5, 5.41) is 5.74. The minimum absolute atomic E-state index is 0.0145. The highest BCUT2D eigenvalue weighted by Gasteiger charge is 2.30. The van der Waals surface area contributed by atoms with Gasteiger partial charge in [-0.25, -0.2) is 4.39 Å². The molecule has 4 rings (SSSR count). The van der Waals surface area contributed by atoms with E-state index in [0.29, 0.717) is 23.8 Å². The quantitative estimate of drug-likeness (QED) is 0.474. The van der Waals surface area contributed by atoms with Crippen molar-refractivity contribution in [2.75, 3.05) is 13.7 Å². The number of rotatable bonds is 9. The largest absolute Gasteiger partial charge is 0.457 e. The minimum atomic E-state index is -0.509. The van der Waals surface area contributed by atoms with Crippen LogP contribution in [-0.2, 0) is 20.7 Å². The number of hydrogen-bond acceptors (Lipinski definition) is 5. The van der Waals surface area contributed by atoms with Crippen molar-refractivity contribution in [1.29, 1.82) is 0 Å². The van der Waals surface area contributed by atoms with Gasteiger partial charge in [0, 0.05) is 7.11 Å². The molecule has 3 aromatic carbocycles. The van der Waals surface area contributed by atoms with Crippen LogP contribution < -0.4 is 15.4 Å². The first-order chi connectivity index (χ1) is 17.0. The molecule has 35 heavy (non-hydrogen) atoms. The predicted octanol–water partition coefficient (Wildman–Crippen LogP) is 4.56. The van der Waals surface area contributed by atoms with E-state index in [9.17, 15) is 14.0 Å². The number of halogens is 1. The van der Waals surface area contributed by atoms with Gasteiger partial charge in [-0.15, -0.1) is 0 Å². The maximum absolute atomic E-state index is 13.0. The van der Waals surface area contributed by atoms with Crippen molar-refractivity contribution in [3.05, 3.63) is 95.8 Å². The van der Waals surface area contributed by atoms with E-state index in [1.807, 2.05) is 18.2 Å². The number of ether oxygens (including phenoxy) is 2. The molecule has 0 aliphatic carbocycles. The monoisotopic (exact) mass is 476 g/mol. The summed E-state index contributed by atoms with van der Waals surface area (Å²) < 4.78 is 24.2. The number of carbonyl (C=O) groups excluding carboxylic acids is 2. The number of hydrogen-bond donors (Lipinski definition) is 2. The molecule has 2 N–H and O–H groups in total. The van der Waals surface area contributed by atoms with E-state index >= 15 is 0 Å². The summed E-state index contributed by atoms with van der Waals surface area (Å²) in [5.74, 6) is 0.429. The zero-order valence-electron chi connectivity index (χ0n) is 19.6. The Bertz CT molecular complexity index is 1120. The third-order valence-electron chi connectivity index (χ3n) is 6.12. The molecule has 1 fully saturated rings. The number of benzene rings is 3. The summed E-state index contributed by atoms with van der Waals surface area (Å²) in [4.78, 5) is 25.2. The summed E-state index contributed by atoms with van der Waals surface area (Å²) in [5.41, 5.74) is 2.02. The van der Waals surface area contributed by atoms with E-state index in [1.165, 1.54) is 24.8 Å². The number of carbonyl (C=O) groups is 2. The summed E-state index contributed by atoms with van der Waals surface area (Å²) in [6.07, 6.45) is 1.10. The van der Waals surface area contributed by atoms with Gasteiger partial charge in [0.1, 0.15) is 17.3 Å². The van der Waals surface area contributed by atoms with Gasteiger partial charge in [-0.1, -0.05) is 42.5 Å². The minimum Gasteiger partial charge on any atom is -0.457 e. The van der Waals surface area contributed by atoms with Gasteiger partial charge in [-0.05, 0) is 72.8 Å². The number of methoxy groups -OCH3 is 1. The average Bonchev–Trinajstić information content (AvgIpc) is 3.34. The van der Waals surface area contributed by atoms with Crippen LogP contribution in [0, 0.1) is 11.7 Å². The molecule has 182 valence electrons. The molecule has 0 spiro atoms. The maximum atomic E-state index is 13.0. The normalized spacial score (nSPS) is 18.1. The first-order valence-corrected chi connectivity index (χ1v) is 11.7. The van der Waals surface area contributed by atoms with Gasteiger partial charge >= 0.3 is 0 Å². The van der Waals surface area contributed by atoms with Crippen LogP contribution in [0.5, 0.6) is 11.5 Å². The van der Waals surface area contributed by atoms with E-state index in [4.69, 9.17) is 9.47 Å². The highest BCUT2D eigenvalue weighted by atomic mass is 19.1. The Morgan fingerprint density at radius 2 is 1.66 bits per heavy atom. The third kappa shape index (κ3) is 6.97. The summed E-state index contributed by atoms with van der Waals surface area (Å²) >= 11 is 0. The van der Waals surface area contributed by atoms with E-state index in [-0.39, 0.29) is 30.1 Å². The number of amides is 2. The van der Waals surface area contributed by atoms with Crippen molar-refractivity contribution in [2.24, 2.45) is 5.92 Å². The fourth-order valence-corrected chi connectivity index (χ4v) is 4.28. The molecule has 0 radical (unpaired) electrons. The Morgan fingerprint density at radius 1 is 1.00 bits per heavy atom. The Hall–Kier alpha value is -3.55. The van der Waals surface area contributed by atoms with E-state index in [0.717, 1.165) is 18.5 Å². The molecule has 1 heterocycles. The molecule has 3 aromatic rings. The van der Waals surface area contributed by atoms with Crippen LogP contribution in [0.2, 0.25) is 0 Å². The molecule has 0 saturated carbocycles. The van der Waals surface area contributed by atoms with Gasteiger partial charge in [0.25, 0.3) is 0 Å². The van der Waals surface area contributed by atoms with Crippen LogP contribution in [0.4, 0.5) is 4.39 Å². The predicted molar refractivity (Wildman–Crippen MR) is 130 cm³/mol. The topological polar surface area (TPSA) is 76.7 Å². The van der Waals surface area contributed by atoms with Crippen LogP contribution in [0.3, 0.4) is 0 Å². The van der Waals surface area contributed by atoms with Crippen LogP contribution >= 0.6 is 0 Å². The third-order valence-corrected chi connectivity index (χ3v) is 6.12. The van der Waals surface area contributed by atoms with Gasteiger partial charge < -0.3 is 14.8 Å². The lowest BCUT2D eigenvalue weighted by Gasteiger charge is -2.17. The molecule has 1 unspecified atom stereocenters. The molecule has 2 amide bonds. The SMILES string of the molecule is COC(CC(=O)NC(=O)[C@@H]1C[C@@H](Cc2ccccc2)CN1)c1ccc(Oc2ccc(F)cc2)cc1.